The van der Waals surface area contributed by atoms with Crippen molar-refractivity contribution in [2.24, 2.45) is 5.73 Å². The fourth-order valence-corrected chi connectivity index (χ4v) is 4.62. The molecule has 9 N–H and O–H groups in total. The summed E-state index contributed by atoms with van der Waals surface area (Å²) in [7, 11) is -4.75. The molecule has 1 aromatic carbocycles. The van der Waals surface area contributed by atoms with Crippen LogP contribution in [0.1, 0.15) is 44.4 Å². The van der Waals surface area contributed by atoms with Crippen LogP contribution >= 0.6 is 7.82 Å². The summed E-state index contributed by atoms with van der Waals surface area (Å²) in [4.78, 5) is 56.7. The summed E-state index contributed by atoms with van der Waals surface area (Å²) in [5.74, 6) is -0.840. The normalized spacial score (nSPS) is 19.9. The Bertz CT molecular complexity index is 1280. The smallest absolute Gasteiger partial charge is 0.390 e. The number of hydrogen-bond donors (Lipinski definition) is 7. The second kappa shape index (κ2) is 13.9. The highest BCUT2D eigenvalue weighted by molar-refractivity contribution is 7.46. The van der Waals surface area contributed by atoms with E-state index >= 15 is 0 Å². The number of nitrogen functional groups attached to an aromatic ring is 1. The van der Waals surface area contributed by atoms with Crippen molar-refractivity contribution in [3.8, 4) is 11.1 Å². The fourth-order valence-electron chi connectivity index (χ4n) is 4.28. The van der Waals surface area contributed by atoms with Crippen LogP contribution in [0.2, 0.25) is 0 Å². The Morgan fingerprint density at radius 2 is 1.98 bits per heavy atom. The van der Waals surface area contributed by atoms with Gasteiger partial charge in [-0.1, -0.05) is 24.3 Å². The Balaban J connectivity index is 1.56. The van der Waals surface area contributed by atoms with E-state index in [1.807, 2.05) is 24.3 Å². The van der Waals surface area contributed by atoms with Gasteiger partial charge in [-0.2, -0.15) is 4.98 Å². The molecule has 220 valence electrons. The number of aliphatic hydroxyl groups is 1. The first-order valence-corrected chi connectivity index (χ1v) is 14.2. The number of ether oxygens (including phenoxy) is 1. The number of aromatic nitrogens is 2. The average Bonchev–Trinajstić information content (AvgIpc) is 3.24. The maximum Gasteiger partial charge on any atom is 0.469 e. The van der Waals surface area contributed by atoms with Crippen molar-refractivity contribution in [2.75, 3.05) is 18.9 Å². The molecule has 40 heavy (non-hydrogen) atoms. The van der Waals surface area contributed by atoms with Crippen LogP contribution in [0.5, 0.6) is 0 Å². The zero-order valence-corrected chi connectivity index (χ0v) is 22.8. The molecule has 0 spiro atoms. The van der Waals surface area contributed by atoms with Gasteiger partial charge in [0, 0.05) is 31.6 Å². The van der Waals surface area contributed by atoms with E-state index in [0.717, 1.165) is 12.0 Å². The van der Waals surface area contributed by atoms with E-state index in [1.165, 1.54) is 17.7 Å². The number of nitrogens with zero attached hydrogens (tertiary/aromatic N) is 2. The first-order chi connectivity index (χ1) is 18.8. The Morgan fingerprint density at radius 3 is 2.60 bits per heavy atom. The molecule has 1 aliphatic rings. The number of benzene rings is 1. The quantitative estimate of drug-likeness (QED) is 0.110. The highest BCUT2D eigenvalue weighted by Gasteiger charge is 2.37. The molecule has 0 unspecified atom stereocenters. The third-order valence-electron chi connectivity index (χ3n) is 6.31. The molecule has 3 rings (SSSR count). The third-order valence-corrected chi connectivity index (χ3v) is 6.80. The van der Waals surface area contributed by atoms with E-state index in [-0.39, 0.29) is 18.1 Å². The third kappa shape index (κ3) is 9.20. The molecule has 4 atom stereocenters. The van der Waals surface area contributed by atoms with Gasteiger partial charge in [0.2, 0.25) is 11.8 Å². The van der Waals surface area contributed by atoms with Crippen LogP contribution in [-0.4, -0.2) is 67.7 Å². The highest BCUT2D eigenvalue weighted by Crippen LogP contribution is 2.38. The molecule has 0 saturated carbocycles. The molecule has 0 aliphatic carbocycles. The standard InChI is InChI=1S/C24H35N6O9P/c1-14(31)28-18(23(26)33)4-2-3-9-27-11-15-5-7-16(8-6-15)17-12-30(24(34)29-22(17)25)21-10-19(32)20(39-21)13-38-40(35,36)37/h5-8,12,18-21,27,32H,2-4,9-11,13H2,1H3,(H2,26,33)(H,28,31)(H2,25,29,34)(H2,35,36,37)/t18-,19-,20+,21+/m0/s1. The molecule has 1 saturated heterocycles. The summed E-state index contributed by atoms with van der Waals surface area (Å²) in [5.41, 5.74) is 12.8. The molecular weight excluding hydrogens is 547 g/mol. The van der Waals surface area contributed by atoms with Crippen molar-refractivity contribution in [3.05, 3.63) is 46.5 Å². The molecular formula is C24H35N6O9P. The van der Waals surface area contributed by atoms with E-state index in [2.05, 4.69) is 20.1 Å². The van der Waals surface area contributed by atoms with Crippen molar-refractivity contribution in [1.29, 1.82) is 0 Å². The average molecular weight is 583 g/mol. The van der Waals surface area contributed by atoms with Gasteiger partial charge >= 0.3 is 13.5 Å². The van der Waals surface area contributed by atoms with Gasteiger partial charge in [0.1, 0.15) is 24.2 Å². The van der Waals surface area contributed by atoms with Gasteiger partial charge < -0.3 is 41.7 Å². The van der Waals surface area contributed by atoms with Crippen LogP contribution in [0.15, 0.2) is 35.3 Å². The molecule has 0 radical (unpaired) electrons. The van der Waals surface area contributed by atoms with Crippen molar-refractivity contribution in [2.45, 2.75) is 63.6 Å². The van der Waals surface area contributed by atoms with Crippen LogP contribution in [0, 0.1) is 0 Å². The molecule has 1 aliphatic heterocycles. The number of rotatable bonds is 14. The van der Waals surface area contributed by atoms with Gasteiger partial charge in [0.05, 0.1) is 12.7 Å². The lowest BCUT2D eigenvalue weighted by atomic mass is 10.1. The van der Waals surface area contributed by atoms with Crippen LogP contribution in [0.3, 0.4) is 0 Å². The van der Waals surface area contributed by atoms with Crippen LogP contribution < -0.4 is 27.8 Å². The lowest BCUT2D eigenvalue weighted by molar-refractivity contribution is -0.126. The van der Waals surface area contributed by atoms with Crippen molar-refractivity contribution in [1.82, 2.24) is 20.2 Å². The number of carbonyl (C=O) groups excluding carboxylic acids is 2. The molecule has 2 heterocycles. The number of carbonyl (C=O) groups is 2. The largest absolute Gasteiger partial charge is 0.469 e. The number of aliphatic hydroxyl groups excluding tert-OH is 1. The zero-order valence-electron chi connectivity index (χ0n) is 21.9. The Morgan fingerprint density at radius 1 is 1.27 bits per heavy atom. The van der Waals surface area contributed by atoms with Gasteiger partial charge in [0.15, 0.2) is 0 Å². The van der Waals surface area contributed by atoms with E-state index in [0.29, 0.717) is 37.1 Å². The molecule has 1 aromatic heterocycles. The first-order valence-electron chi connectivity index (χ1n) is 12.6. The number of primary amides is 1. The van der Waals surface area contributed by atoms with Gasteiger partial charge in [-0.25, -0.2) is 9.36 Å². The van der Waals surface area contributed by atoms with Crippen molar-refractivity contribution < 1.29 is 38.3 Å². The second-order valence-corrected chi connectivity index (χ2v) is 10.7. The lowest BCUT2D eigenvalue weighted by Crippen LogP contribution is -2.43. The molecule has 15 nitrogen and oxygen atoms in total. The highest BCUT2D eigenvalue weighted by atomic mass is 31.2. The summed E-state index contributed by atoms with van der Waals surface area (Å²) < 4.78 is 22.2. The minimum absolute atomic E-state index is 0.0127. The van der Waals surface area contributed by atoms with Gasteiger partial charge in [-0.3, -0.25) is 18.7 Å². The van der Waals surface area contributed by atoms with Crippen molar-refractivity contribution >= 4 is 25.5 Å². The summed E-state index contributed by atoms with van der Waals surface area (Å²) >= 11 is 0. The Labute approximate surface area is 230 Å². The summed E-state index contributed by atoms with van der Waals surface area (Å²) in [5, 5.41) is 16.1. The number of phosphoric acid groups is 1. The van der Waals surface area contributed by atoms with Gasteiger partial charge in [0.25, 0.3) is 0 Å². The van der Waals surface area contributed by atoms with E-state index in [1.54, 1.807) is 0 Å². The molecule has 1 fully saturated rings. The van der Waals surface area contributed by atoms with Gasteiger partial charge in [-0.05, 0) is 36.9 Å². The number of nitrogens with one attached hydrogen (secondary N) is 2. The Hall–Kier alpha value is -3.17. The molecule has 0 bridgehead atoms. The number of phosphoric ester groups is 1. The minimum atomic E-state index is -4.75. The number of unbranched alkanes of at least 4 members (excludes halogenated alkanes) is 1. The number of amides is 2. The zero-order chi connectivity index (χ0) is 29.4. The first kappa shape index (κ1) is 31.4. The topological polar surface area (TPSA) is 241 Å². The number of nitrogens with two attached hydrogens (primary N) is 2. The molecule has 16 heteroatoms. The van der Waals surface area contributed by atoms with Gasteiger partial charge in [-0.15, -0.1) is 0 Å². The van der Waals surface area contributed by atoms with Crippen LogP contribution in [0.25, 0.3) is 11.1 Å². The monoisotopic (exact) mass is 582 g/mol. The van der Waals surface area contributed by atoms with E-state index < -0.39 is 50.5 Å². The SMILES string of the molecule is CC(=O)N[C@@H](CCCCNCc1ccc(-c2cn([C@H]3C[C@H](O)[C@@H](COP(=O)(O)O)O3)c(=O)nc2N)cc1)C(N)=O. The number of hydrogen-bond acceptors (Lipinski definition) is 10. The maximum atomic E-state index is 12.5. The maximum absolute atomic E-state index is 12.5. The Kier molecular flexibility index (Phi) is 10.9. The fraction of sp³-hybridized carbons (Fsp3) is 0.500. The predicted molar refractivity (Wildman–Crippen MR) is 143 cm³/mol. The summed E-state index contributed by atoms with van der Waals surface area (Å²) in [6.45, 7) is 2.07. The molecule has 2 amide bonds. The minimum Gasteiger partial charge on any atom is -0.390 e. The summed E-state index contributed by atoms with van der Waals surface area (Å²) in [6.07, 6.45) is 0.339. The summed E-state index contributed by atoms with van der Waals surface area (Å²) in [6, 6.07) is 6.76. The number of anilines is 1. The lowest BCUT2D eigenvalue weighted by Gasteiger charge is -2.17. The van der Waals surface area contributed by atoms with Crippen LogP contribution in [-0.2, 0) is 30.0 Å². The second-order valence-electron chi connectivity index (χ2n) is 9.47. The van der Waals surface area contributed by atoms with E-state index in [4.69, 9.17) is 26.0 Å². The predicted octanol–water partition coefficient (Wildman–Crippen LogP) is -0.500. The molecule has 2 aromatic rings. The van der Waals surface area contributed by atoms with Crippen LogP contribution in [0.4, 0.5) is 5.82 Å². The van der Waals surface area contributed by atoms with Crippen molar-refractivity contribution in [3.63, 3.8) is 0 Å². The van der Waals surface area contributed by atoms with E-state index in [9.17, 15) is 24.1 Å².